The van der Waals surface area contributed by atoms with Crippen LogP contribution in [0.15, 0.2) is 70.8 Å². The molecular formula is C57H90O2. The lowest BCUT2D eigenvalue weighted by molar-refractivity contribution is -0.117. The molecule has 0 fully saturated rings. The van der Waals surface area contributed by atoms with E-state index in [0.717, 1.165) is 59.1 Å². The normalized spacial score (nSPS) is 15.1. The number of hydrogen-bond donors (Lipinski definition) is 0. The molecule has 2 aromatic rings. The minimum Gasteiger partial charge on any atom is -0.289 e. The molecule has 1 aliphatic carbocycles. The molecule has 2 nitrogen and oxygen atoms in total. The molecule has 0 saturated heterocycles. The number of rotatable bonds is 29. The Bertz CT molecular complexity index is 1570. The molecule has 2 atom stereocenters. The highest BCUT2D eigenvalue weighted by Crippen LogP contribution is 2.43. The van der Waals surface area contributed by atoms with Crippen molar-refractivity contribution in [2.45, 2.75) is 252 Å². The molecule has 3 rings (SSSR count). The maximum atomic E-state index is 15.2. The fraction of sp³-hybridized carbons (Fsp3) is 0.684. The summed E-state index contributed by atoms with van der Waals surface area (Å²) in [6.07, 6.45) is 30.7. The van der Waals surface area contributed by atoms with Gasteiger partial charge >= 0.3 is 0 Å². The van der Waals surface area contributed by atoms with Crippen LogP contribution in [0.3, 0.4) is 0 Å². The Hall–Kier alpha value is -2.74. The molecular weight excluding hydrogens is 717 g/mol. The Labute approximate surface area is 365 Å². The number of allylic oxidation sites excluding steroid dienone is 4. The van der Waals surface area contributed by atoms with Crippen molar-refractivity contribution in [1.82, 2.24) is 0 Å². The van der Waals surface area contributed by atoms with E-state index < -0.39 is 0 Å². The number of benzene rings is 2. The quantitative estimate of drug-likeness (QED) is 0.0606. The van der Waals surface area contributed by atoms with Crippen molar-refractivity contribution in [2.24, 2.45) is 0 Å². The zero-order chi connectivity index (χ0) is 43.3. The first-order valence-electron chi connectivity index (χ1n) is 25.0. The molecule has 2 heteroatoms. The van der Waals surface area contributed by atoms with Crippen LogP contribution in [0.5, 0.6) is 0 Å². The summed E-state index contributed by atoms with van der Waals surface area (Å²) in [5.41, 5.74) is 8.09. The van der Waals surface area contributed by atoms with Gasteiger partial charge in [-0.25, -0.2) is 0 Å². The number of unbranched alkanes of at least 4 members (excludes halogenated alkanes) is 21. The Morgan fingerprint density at radius 1 is 0.373 bits per heavy atom. The number of carbonyl (C=O) groups excluding carboxylic acids is 2. The minimum atomic E-state index is -0.136. The average Bonchev–Trinajstić information content (AvgIpc) is 3.20. The van der Waals surface area contributed by atoms with Gasteiger partial charge in [0.15, 0.2) is 11.6 Å². The van der Waals surface area contributed by atoms with Crippen molar-refractivity contribution < 1.29 is 9.59 Å². The Morgan fingerprint density at radius 2 is 0.610 bits per heavy atom. The van der Waals surface area contributed by atoms with E-state index in [4.69, 9.17) is 0 Å². The molecule has 59 heavy (non-hydrogen) atoms. The van der Waals surface area contributed by atoms with Gasteiger partial charge in [0.05, 0.1) is 0 Å². The number of carbonyl (C=O) groups is 2. The van der Waals surface area contributed by atoms with E-state index in [1.54, 1.807) is 0 Å². The molecule has 2 aromatic carbocycles. The second-order valence-corrected chi connectivity index (χ2v) is 20.6. The predicted molar refractivity (Wildman–Crippen MR) is 258 cm³/mol. The molecule has 0 saturated carbocycles. The van der Waals surface area contributed by atoms with Crippen LogP contribution < -0.4 is 0 Å². The third-order valence-electron chi connectivity index (χ3n) is 13.4. The summed E-state index contributed by atoms with van der Waals surface area (Å²) in [6, 6.07) is 17.7. The fourth-order valence-electron chi connectivity index (χ4n) is 9.24. The van der Waals surface area contributed by atoms with E-state index in [2.05, 4.69) is 118 Å². The molecule has 0 bridgehead atoms. The highest BCUT2D eigenvalue weighted by Gasteiger charge is 2.38. The van der Waals surface area contributed by atoms with Gasteiger partial charge in [0.1, 0.15) is 0 Å². The lowest BCUT2D eigenvalue weighted by Gasteiger charge is -2.31. The van der Waals surface area contributed by atoms with Crippen LogP contribution in [-0.2, 0) is 20.4 Å². The fourth-order valence-corrected chi connectivity index (χ4v) is 9.24. The maximum Gasteiger partial charge on any atom is 0.186 e. The van der Waals surface area contributed by atoms with E-state index >= 15 is 9.59 Å². The van der Waals surface area contributed by atoms with E-state index in [1.165, 1.54) is 133 Å². The lowest BCUT2D eigenvalue weighted by Crippen LogP contribution is -2.29. The van der Waals surface area contributed by atoms with Gasteiger partial charge in [0.25, 0.3) is 0 Å². The predicted octanol–water partition coefficient (Wildman–Crippen LogP) is 17.7. The van der Waals surface area contributed by atoms with Gasteiger partial charge in [0, 0.05) is 34.1 Å². The summed E-state index contributed by atoms with van der Waals surface area (Å²) in [5.74, 6) is 0.0172. The molecule has 330 valence electrons. The summed E-state index contributed by atoms with van der Waals surface area (Å²) in [5, 5.41) is 0. The highest BCUT2D eigenvalue weighted by molar-refractivity contribution is 6.26. The first-order chi connectivity index (χ1) is 28.2. The van der Waals surface area contributed by atoms with E-state index in [-0.39, 0.29) is 34.2 Å². The van der Waals surface area contributed by atoms with E-state index in [9.17, 15) is 0 Å². The number of hydrogen-bond acceptors (Lipinski definition) is 2. The number of ketones is 2. The first kappa shape index (κ1) is 50.6. The monoisotopic (exact) mass is 807 g/mol. The van der Waals surface area contributed by atoms with Gasteiger partial charge in [-0.05, 0) is 58.8 Å². The van der Waals surface area contributed by atoms with Gasteiger partial charge < -0.3 is 0 Å². The molecule has 0 spiro atoms. The number of Topliss-reactive ketones (excluding diaryl/α,β-unsaturated/α-hetero) is 2. The highest BCUT2D eigenvalue weighted by atomic mass is 16.1. The van der Waals surface area contributed by atoms with Crippen LogP contribution in [0.1, 0.15) is 264 Å². The molecule has 0 radical (unpaired) electrons. The molecule has 0 heterocycles. The topological polar surface area (TPSA) is 34.1 Å². The zero-order valence-electron chi connectivity index (χ0n) is 40.3. The average molecular weight is 807 g/mol. The van der Waals surface area contributed by atoms with Crippen LogP contribution in [0.25, 0.3) is 0 Å². The zero-order valence-corrected chi connectivity index (χ0v) is 40.3. The third kappa shape index (κ3) is 16.9. The molecule has 2 unspecified atom stereocenters. The van der Waals surface area contributed by atoms with Crippen molar-refractivity contribution in [2.75, 3.05) is 0 Å². The molecule has 0 amide bonds. The lowest BCUT2D eigenvalue weighted by atomic mass is 9.71. The second-order valence-electron chi connectivity index (χ2n) is 20.6. The van der Waals surface area contributed by atoms with Gasteiger partial charge in [-0.1, -0.05) is 253 Å². The van der Waals surface area contributed by atoms with Crippen molar-refractivity contribution in [1.29, 1.82) is 0 Å². The summed E-state index contributed by atoms with van der Waals surface area (Å²) in [4.78, 5) is 30.4. The SMILES string of the molecule is CCCCCCCCCCCCCCC1=C(C(C)c2ccc(C(C)(C)C)cc2)C(=O)C(CCCCCCCCCCCCC)=C(C(C)c2ccc(C(C)(C)C)cc2)C1=O. The summed E-state index contributed by atoms with van der Waals surface area (Å²) in [7, 11) is 0. The van der Waals surface area contributed by atoms with Gasteiger partial charge in [-0.3, -0.25) is 9.59 Å². The molecule has 0 aliphatic heterocycles. The standard InChI is InChI=1S/C57H90O2/c1-11-13-15-17-19-21-23-25-27-29-31-33-35-51-53(45(4)47-38-42-49(43-39-47)57(8,9)10)54(58)50(34-32-30-28-26-24-22-20-18-16-14-12-2)52(55(51)59)44(3)46-36-40-48(41-37-46)56(5,6)7/h36-45H,11-35H2,1-10H3. The maximum absolute atomic E-state index is 15.2. The largest absolute Gasteiger partial charge is 0.289 e. The molecule has 1 aliphatic rings. The van der Waals surface area contributed by atoms with E-state index in [1.807, 2.05) is 0 Å². The summed E-state index contributed by atoms with van der Waals surface area (Å²) >= 11 is 0. The summed E-state index contributed by atoms with van der Waals surface area (Å²) in [6.45, 7) is 22.4. The van der Waals surface area contributed by atoms with Crippen molar-refractivity contribution in [3.8, 4) is 0 Å². The smallest absolute Gasteiger partial charge is 0.186 e. The van der Waals surface area contributed by atoms with Gasteiger partial charge in [0.2, 0.25) is 0 Å². The van der Waals surface area contributed by atoms with Crippen molar-refractivity contribution in [3.63, 3.8) is 0 Å². The second kappa shape index (κ2) is 26.6. The van der Waals surface area contributed by atoms with Crippen LogP contribution in [0.4, 0.5) is 0 Å². The molecule has 0 N–H and O–H groups in total. The van der Waals surface area contributed by atoms with Crippen molar-refractivity contribution in [3.05, 3.63) is 93.1 Å². The minimum absolute atomic E-state index is 0.0537. The van der Waals surface area contributed by atoms with E-state index in [0.29, 0.717) is 12.8 Å². The van der Waals surface area contributed by atoms with Crippen LogP contribution in [0.2, 0.25) is 0 Å². The van der Waals surface area contributed by atoms with Gasteiger partial charge in [-0.15, -0.1) is 0 Å². The summed E-state index contributed by atoms with van der Waals surface area (Å²) < 4.78 is 0. The Kier molecular flexibility index (Phi) is 22.8. The van der Waals surface area contributed by atoms with Crippen LogP contribution >= 0.6 is 0 Å². The van der Waals surface area contributed by atoms with Crippen molar-refractivity contribution >= 4 is 11.6 Å². The first-order valence-corrected chi connectivity index (χ1v) is 25.0. The Morgan fingerprint density at radius 3 is 0.847 bits per heavy atom. The van der Waals surface area contributed by atoms with Gasteiger partial charge in [-0.2, -0.15) is 0 Å². The molecule has 0 aromatic heterocycles. The third-order valence-corrected chi connectivity index (χ3v) is 13.4. The Balaban J connectivity index is 1.87. The van der Waals surface area contributed by atoms with Crippen LogP contribution in [0, 0.1) is 0 Å². The van der Waals surface area contributed by atoms with Crippen LogP contribution in [-0.4, -0.2) is 11.6 Å².